The van der Waals surface area contributed by atoms with Crippen LogP contribution in [0.4, 0.5) is 0 Å². The molecule has 0 aliphatic rings. The highest BCUT2D eigenvalue weighted by Gasteiger charge is 2.06. The van der Waals surface area contributed by atoms with Crippen LogP contribution in [-0.2, 0) is 17.8 Å². The van der Waals surface area contributed by atoms with Gasteiger partial charge in [0, 0.05) is 25.6 Å². The second-order valence-corrected chi connectivity index (χ2v) is 6.79. The monoisotopic (exact) mass is 490 g/mol. The Hall–Kier alpha value is -1.39. The maximum absolute atomic E-state index is 5.56. The van der Waals surface area contributed by atoms with E-state index in [2.05, 4.69) is 20.6 Å². The maximum atomic E-state index is 5.56. The van der Waals surface area contributed by atoms with E-state index >= 15 is 0 Å². The van der Waals surface area contributed by atoms with Crippen molar-refractivity contribution in [2.45, 2.75) is 26.9 Å². The largest absolute Gasteiger partial charge is 0.491 e. The molecule has 0 saturated carbocycles. The Labute approximate surface area is 176 Å². The van der Waals surface area contributed by atoms with Crippen molar-refractivity contribution in [3.8, 4) is 5.75 Å². The highest BCUT2D eigenvalue weighted by molar-refractivity contribution is 14.0. The first-order chi connectivity index (χ1) is 12.1. The van der Waals surface area contributed by atoms with E-state index in [4.69, 9.17) is 9.47 Å². The van der Waals surface area contributed by atoms with Gasteiger partial charge in [0.1, 0.15) is 12.4 Å². The van der Waals surface area contributed by atoms with Crippen LogP contribution in [-0.4, -0.2) is 38.3 Å². The van der Waals surface area contributed by atoms with Gasteiger partial charge in [-0.05, 0) is 31.5 Å². The summed E-state index contributed by atoms with van der Waals surface area (Å²) in [6, 6.07) is 8.01. The number of nitrogens with one attached hydrogen (secondary N) is 2. The molecular formula is C18H27IN4O2S. The highest BCUT2D eigenvalue weighted by Crippen LogP contribution is 2.16. The number of methoxy groups -OCH3 is 1. The molecule has 2 rings (SSSR count). The minimum Gasteiger partial charge on any atom is -0.491 e. The lowest BCUT2D eigenvalue weighted by molar-refractivity contribution is 0.146. The molecule has 1 aromatic heterocycles. The number of ether oxygens (including phenoxy) is 2. The first kappa shape index (κ1) is 22.7. The molecule has 0 fully saturated rings. The predicted octanol–water partition coefficient (Wildman–Crippen LogP) is 3.27. The zero-order valence-corrected chi connectivity index (χ0v) is 18.8. The van der Waals surface area contributed by atoms with Crippen LogP contribution < -0.4 is 15.4 Å². The van der Waals surface area contributed by atoms with Crippen LogP contribution >= 0.6 is 35.3 Å². The van der Waals surface area contributed by atoms with Gasteiger partial charge >= 0.3 is 0 Å². The molecule has 0 aliphatic carbocycles. The second-order valence-electron chi connectivity index (χ2n) is 5.51. The third-order valence-corrected chi connectivity index (χ3v) is 4.65. The number of aliphatic imine (C=N–C) groups is 1. The second kappa shape index (κ2) is 12.1. The van der Waals surface area contributed by atoms with Crippen LogP contribution in [0.2, 0.25) is 0 Å². The van der Waals surface area contributed by atoms with Gasteiger partial charge < -0.3 is 20.1 Å². The van der Waals surface area contributed by atoms with E-state index in [0.29, 0.717) is 19.8 Å². The first-order valence-electron chi connectivity index (χ1n) is 8.20. The topological polar surface area (TPSA) is 67.8 Å². The molecule has 0 aliphatic heterocycles. The van der Waals surface area contributed by atoms with Crippen molar-refractivity contribution >= 4 is 41.3 Å². The number of halogens is 1. The van der Waals surface area contributed by atoms with Crippen LogP contribution in [0.3, 0.4) is 0 Å². The standard InChI is InChI=1S/C18H26N4O2S.HI/c1-13-17(25-14(2)22-13)12-21-18(19-3)20-11-15-5-7-16(8-6-15)24-10-9-23-4;/h5-8H,9-12H2,1-4H3,(H2,19,20,21);1H. The van der Waals surface area contributed by atoms with Gasteiger partial charge in [0.2, 0.25) is 0 Å². The normalized spacial score (nSPS) is 11.0. The van der Waals surface area contributed by atoms with Gasteiger partial charge in [-0.15, -0.1) is 35.3 Å². The number of thiazole rings is 1. The van der Waals surface area contributed by atoms with Gasteiger partial charge in [-0.3, -0.25) is 4.99 Å². The molecule has 0 saturated heterocycles. The quantitative estimate of drug-likeness (QED) is 0.257. The summed E-state index contributed by atoms with van der Waals surface area (Å²) in [5.41, 5.74) is 2.24. The lowest BCUT2D eigenvalue weighted by atomic mass is 10.2. The molecule has 0 radical (unpaired) electrons. The third-order valence-electron chi connectivity index (χ3n) is 3.58. The average Bonchev–Trinajstić information content (AvgIpc) is 2.94. The smallest absolute Gasteiger partial charge is 0.191 e. The van der Waals surface area contributed by atoms with Crippen molar-refractivity contribution in [3.05, 3.63) is 45.4 Å². The molecule has 0 unspecified atom stereocenters. The summed E-state index contributed by atoms with van der Waals surface area (Å²) in [5, 5.41) is 7.73. The van der Waals surface area contributed by atoms with Gasteiger partial charge in [-0.25, -0.2) is 4.98 Å². The van der Waals surface area contributed by atoms with Crippen molar-refractivity contribution < 1.29 is 9.47 Å². The molecule has 1 aromatic carbocycles. The number of aromatic nitrogens is 1. The maximum Gasteiger partial charge on any atom is 0.191 e. The number of rotatable bonds is 8. The molecule has 6 nitrogen and oxygen atoms in total. The summed E-state index contributed by atoms with van der Waals surface area (Å²) in [4.78, 5) is 9.94. The number of hydrogen-bond donors (Lipinski definition) is 2. The number of aryl methyl sites for hydroxylation is 2. The minimum atomic E-state index is 0. The van der Waals surface area contributed by atoms with E-state index in [1.54, 1.807) is 25.5 Å². The Kier molecular flexibility index (Phi) is 10.5. The summed E-state index contributed by atoms with van der Waals surface area (Å²) < 4.78 is 10.5. The molecule has 0 amide bonds. The van der Waals surface area contributed by atoms with Crippen molar-refractivity contribution in [3.63, 3.8) is 0 Å². The van der Waals surface area contributed by atoms with Crippen molar-refractivity contribution in [1.29, 1.82) is 0 Å². The van der Waals surface area contributed by atoms with Crippen LogP contribution in [0.25, 0.3) is 0 Å². The number of nitrogens with zero attached hydrogens (tertiary/aromatic N) is 2. The Bertz CT molecular complexity index is 689. The molecule has 1 heterocycles. The summed E-state index contributed by atoms with van der Waals surface area (Å²) >= 11 is 1.71. The lowest BCUT2D eigenvalue weighted by Crippen LogP contribution is -2.36. The van der Waals surface area contributed by atoms with Crippen molar-refractivity contribution in [1.82, 2.24) is 15.6 Å². The van der Waals surface area contributed by atoms with Crippen LogP contribution in [0.15, 0.2) is 29.3 Å². The molecule has 2 aromatic rings. The highest BCUT2D eigenvalue weighted by atomic mass is 127. The van der Waals surface area contributed by atoms with Crippen LogP contribution in [0.1, 0.15) is 21.1 Å². The number of guanidine groups is 1. The Morgan fingerprint density at radius 1 is 1.12 bits per heavy atom. The molecular weight excluding hydrogens is 463 g/mol. The zero-order valence-electron chi connectivity index (χ0n) is 15.7. The summed E-state index contributed by atoms with van der Waals surface area (Å²) in [5.74, 6) is 1.62. The number of hydrogen-bond acceptors (Lipinski definition) is 5. The lowest BCUT2D eigenvalue weighted by Gasteiger charge is -2.12. The van der Waals surface area contributed by atoms with Crippen LogP contribution in [0, 0.1) is 13.8 Å². The molecule has 2 N–H and O–H groups in total. The van der Waals surface area contributed by atoms with E-state index in [-0.39, 0.29) is 24.0 Å². The predicted molar refractivity (Wildman–Crippen MR) is 118 cm³/mol. The Morgan fingerprint density at radius 2 is 1.81 bits per heavy atom. The Balaban J connectivity index is 0.00000338. The fourth-order valence-electron chi connectivity index (χ4n) is 2.25. The van der Waals surface area contributed by atoms with Gasteiger partial charge in [-0.1, -0.05) is 12.1 Å². The van der Waals surface area contributed by atoms with E-state index < -0.39 is 0 Å². The summed E-state index contributed by atoms with van der Waals surface area (Å²) in [6.45, 7) is 6.62. The van der Waals surface area contributed by atoms with Gasteiger partial charge in [-0.2, -0.15) is 0 Å². The molecule has 0 atom stereocenters. The van der Waals surface area contributed by atoms with E-state index in [1.165, 1.54) is 4.88 Å². The minimum absolute atomic E-state index is 0. The number of benzene rings is 1. The molecule has 144 valence electrons. The van der Waals surface area contributed by atoms with E-state index in [9.17, 15) is 0 Å². The molecule has 26 heavy (non-hydrogen) atoms. The third kappa shape index (κ3) is 7.46. The van der Waals surface area contributed by atoms with Crippen molar-refractivity contribution in [2.24, 2.45) is 4.99 Å². The van der Waals surface area contributed by atoms with Gasteiger partial charge in [0.15, 0.2) is 5.96 Å². The molecule has 8 heteroatoms. The summed E-state index contributed by atoms with van der Waals surface area (Å²) in [7, 11) is 3.43. The fraction of sp³-hybridized carbons (Fsp3) is 0.444. The SMILES string of the molecule is CN=C(NCc1ccc(OCCOC)cc1)NCc1sc(C)nc1C.I. The fourth-order valence-corrected chi connectivity index (χ4v) is 3.13. The van der Waals surface area contributed by atoms with E-state index in [0.717, 1.165) is 34.5 Å². The molecule has 0 bridgehead atoms. The first-order valence-corrected chi connectivity index (χ1v) is 9.02. The van der Waals surface area contributed by atoms with Crippen LogP contribution in [0.5, 0.6) is 5.75 Å². The van der Waals surface area contributed by atoms with Gasteiger partial charge in [0.25, 0.3) is 0 Å². The van der Waals surface area contributed by atoms with Crippen molar-refractivity contribution in [2.75, 3.05) is 27.4 Å². The Morgan fingerprint density at radius 3 is 2.38 bits per heavy atom. The average molecular weight is 490 g/mol. The summed E-state index contributed by atoms with van der Waals surface area (Å²) in [6.07, 6.45) is 0. The molecule has 0 spiro atoms. The van der Waals surface area contributed by atoms with E-state index in [1.807, 2.05) is 38.1 Å². The van der Waals surface area contributed by atoms with Gasteiger partial charge in [0.05, 0.1) is 23.9 Å². The zero-order chi connectivity index (χ0) is 18.1.